The zero-order valence-electron chi connectivity index (χ0n) is 6.30. The molecule has 0 spiro atoms. The van der Waals surface area contributed by atoms with Crippen LogP contribution in [-0.2, 0) is 22.0 Å². The molecule has 0 unspecified atom stereocenters. The largest absolute Gasteiger partial charge is 0.353 e. The zero-order chi connectivity index (χ0) is 8.77. The van der Waals surface area contributed by atoms with Gasteiger partial charge in [-0.25, -0.2) is 8.42 Å². The zero-order valence-corrected chi connectivity index (χ0v) is 8.70. The molecular formula is C7H8BrNO2S. The van der Waals surface area contributed by atoms with Gasteiger partial charge in [-0.05, 0) is 27.6 Å². The van der Waals surface area contributed by atoms with Crippen LogP contribution in [0.3, 0.4) is 0 Å². The summed E-state index contributed by atoms with van der Waals surface area (Å²) in [6.45, 7) is 0. The molecule has 1 aromatic rings. The summed E-state index contributed by atoms with van der Waals surface area (Å²) < 4.78 is 23.3. The molecule has 0 aromatic carbocycles. The van der Waals surface area contributed by atoms with Crippen molar-refractivity contribution in [2.45, 2.75) is 12.2 Å². The Labute approximate surface area is 79.2 Å². The van der Waals surface area contributed by atoms with Crippen molar-refractivity contribution in [2.75, 3.05) is 5.75 Å². The first-order chi connectivity index (χ1) is 5.57. The van der Waals surface area contributed by atoms with Gasteiger partial charge in [-0.1, -0.05) is 0 Å². The first-order valence-corrected chi connectivity index (χ1v) is 6.25. The Bertz CT molecular complexity index is 407. The van der Waals surface area contributed by atoms with E-state index in [4.69, 9.17) is 0 Å². The number of aromatic nitrogens is 1. The van der Waals surface area contributed by atoms with Crippen LogP contribution >= 0.6 is 15.9 Å². The number of aryl methyl sites for hydroxylation is 1. The molecule has 2 rings (SSSR count). The lowest BCUT2D eigenvalue weighted by molar-refractivity contribution is 0.591. The van der Waals surface area contributed by atoms with Gasteiger partial charge in [-0.15, -0.1) is 0 Å². The maximum Gasteiger partial charge on any atom is 0.154 e. The fourth-order valence-electron chi connectivity index (χ4n) is 1.42. The quantitative estimate of drug-likeness (QED) is 0.753. The fourth-order valence-corrected chi connectivity index (χ4v) is 3.33. The van der Waals surface area contributed by atoms with Crippen LogP contribution < -0.4 is 0 Å². The van der Waals surface area contributed by atoms with E-state index >= 15 is 0 Å². The third kappa shape index (κ3) is 1.43. The van der Waals surface area contributed by atoms with Gasteiger partial charge in [0, 0.05) is 12.1 Å². The molecule has 0 aliphatic carbocycles. The number of hydrogen-bond donors (Lipinski definition) is 1. The minimum Gasteiger partial charge on any atom is -0.353 e. The van der Waals surface area contributed by atoms with E-state index in [0.717, 1.165) is 15.9 Å². The summed E-state index contributed by atoms with van der Waals surface area (Å²) in [5, 5.41) is 0. The normalized spacial score (nSPS) is 20.4. The molecule has 1 N–H and O–H groups in total. The van der Waals surface area contributed by atoms with E-state index in [1.165, 1.54) is 0 Å². The Balaban J connectivity index is 2.47. The first kappa shape index (κ1) is 8.31. The lowest BCUT2D eigenvalue weighted by Gasteiger charge is -2.10. The Morgan fingerprint density at radius 3 is 3.00 bits per heavy atom. The van der Waals surface area contributed by atoms with E-state index in [0.29, 0.717) is 6.42 Å². The maximum absolute atomic E-state index is 11.2. The van der Waals surface area contributed by atoms with Crippen molar-refractivity contribution in [3.05, 3.63) is 21.9 Å². The van der Waals surface area contributed by atoms with E-state index in [2.05, 4.69) is 20.9 Å². The Hall–Kier alpha value is -0.290. The summed E-state index contributed by atoms with van der Waals surface area (Å²) in [6.07, 6.45) is 0.614. The summed E-state index contributed by atoms with van der Waals surface area (Å²) in [4.78, 5) is 3.09. The highest BCUT2D eigenvalue weighted by atomic mass is 79.9. The average Bonchev–Trinajstić information content (AvgIpc) is 2.26. The van der Waals surface area contributed by atoms with Crippen LogP contribution in [0.1, 0.15) is 11.3 Å². The molecule has 5 heteroatoms. The van der Waals surface area contributed by atoms with Gasteiger partial charge < -0.3 is 4.98 Å². The van der Waals surface area contributed by atoms with E-state index in [1.54, 1.807) is 0 Å². The Kier molecular flexibility index (Phi) is 1.80. The van der Waals surface area contributed by atoms with Crippen molar-refractivity contribution >= 4 is 25.8 Å². The number of halogens is 1. The van der Waals surface area contributed by atoms with Crippen LogP contribution in [0.4, 0.5) is 0 Å². The smallest absolute Gasteiger partial charge is 0.154 e. The first-order valence-electron chi connectivity index (χ1n) is 3.63. The topological polar surface area (TPSA) is 49.9 Å². The predicted molar refractivity (Wildman–Crippen MR) is 49.7 cm³/mol. The second-order valence-corrected chi connectivity index (χ2v) is 6.00. The molecule has 1 aliphatic heterocycles. The molecule has 2 heterocycles. The summed E-state index contributed by atoms with van der Waals surface area (Å²) in [5.74, 6) is 0.456. The summed E-state index contributed by atoms with van der Waals surface area (Å²) >= 11 is 3.28. The molecule has 0 amide bonds. The molecular weight excluding hydrogens is 242 g/mol. The van der Waals surface area contributed by atoms with Crippen LogP contribution in [0.15, 0.2) is 10.7 Å². The van der Waals surface area contributed by atoms with Crippen LogP contribution in [0.5, 0.6) is 0 Å². The monoisotopic (exact) mass is 249 g/mol. The highest BCUT2D eigenvalue weighted by Crippen LogP contribution is 2.23. The van der Waals surface area contributed by atoms with E-state index in [9.17, 15) is 8.42 Å². The van der Waals surface area contributed by atoms with Gasteiger partial charge in [-0.3, -0.25) is 0 Å². The third-order valence-corrected chi connectivity index (χ3v) is 4.00. The second-order valence-electron chi connectivity index (χ2n) is 2.96. The fraction of sp³-hybridized carbons (Fsp3) is 0.429. The van der Waals surface area contributed by atoms with Gasteiger partial charge in [0.25, 0.3) is 0 Å². The summed E-state index contributed by atoms with van der Waals surface area (Å²) in [5.41, 5.74) is 1.96. The van der Waals surface area contributed by atoms with Gasteiger partial charge in [0.2, 0.25) is 0 Å². The molecule has 1 aliphatic rings. The molecule has 3 nitrogen and oxygen atoms in total. The molecule has 0 atom stereocenters. The molecule has 12 heavy (non-hydrogen) atoms. The van der Waals surface area contributed by atoms with E-state index in [-0.39, 0.29) is 11.5 Å². The number of sulfone groups is 1. The predicted octanol–water partition coefficient (Wildman–Crippen LogP) is 1.25. The van der Waals surface area contributed by atoms with Crippen molar-refractivity contribution in [1.29, 1.82) is 0 Å². The van der Waals surface area contributed by atoms with Crippen molar-refractivity contribution < 1.29 is 8.42 Å². The standard InChI is InChI=1S/C7H8BrNO2S/c8-7-3-5-4-12(10,11)2-1-6(5)9-7/h3,9H,1-2,4H2. The van der Waals surface area contributed by atoms with Crippen LogP contribution in [-0.4, -0.2) is 19.2 Å². The van der Waals surface area contributed by atoms with E-state index < -0.39 is 9.84 Å². The molecule has 0 saturated carbocycles. The summed E-state index contributed by atoms with van der Waals surface area (Å²) in [7, 11) is -2.82. The minimum absolute atomic E-state index is 0.185. The van der Waals surface area contributed by atoms with Gasteiger partial charge >= 0.3 is 0 Å². The average molecular weight is 250 g/mol. The van der Waals surface area contributed by atoms with Gasteiger partial charge in [0.15, 0.2) is 9.84 Å². The second kappa shape index (κ2) is 2.60. The van der Waals surface area contributed by atoms with Crippen LogP contribution in [0.25, 0.3) is 0 Å². The number of hydrogen-bond acceptors (Lipinski definition) is 2. The van der Waals surface area contributed by atoms with E-state index in [1.807, 2.05) is 6.07 Å². The molecule has 1 aromatic heterocycles. The highest BCUT2D eigenvalue weighted by molar-refractivity contribution is 9.10. The van der Waals surface area contributed by atoms with Crippen molar-refractivity contribution in [3.8, 4) is 0 Å². The Morgan fingerprint density at radius 2 is 2.25 bits per heavy atom. The maximum atomic E-state index is 11.2. The number of rotatable bonds is 0. The lowest BCUT2D eigenvalue weighted by Crippen LogP contribution is -2.17. The van der Waals surface area contributed by atoms with Crippen molar-refractivity contribution in [2.24, 2.45) is 0 Å². The van der Waals surface area contributed by atoms with Crippen molar-refractivity contribution in [3.63, 3.8) is 0 Å². The molecule has 66 valence electrons. The molecule has 0 radical (unpaired) electrons. The van der Waals surface area contributed by atoms with Crippen LogP contribution in [0, 0.1) is 0 Å². The van der Waals surface area contributed by atoms with Crippen LogP contribution in [0.2, 0.25) is 0 Å². The Morgan fingerprint density at radius 1 is 1.50 bits per heavy atom. The third-order valence-electron chi connectivity index (χ3n) is 2.00. The number of H-pyrrole nitrogens is 1. The number of nitrogens with one attached hydrogen (secondary N) is 1. The van der Waals surface area contributed by atoms with Gasteiger partial charge in [0.05, 0.1) is 16.1 Å². The molecule has 0 saturated heterocycles. The van der Waals surface area contributed by atoms with Gasteiger partial charge in [-0.2, -0.15) is 0 Å². The van der Waals surface area contributed by atoms with Gasteiger partial charge in [0.1, 0.15) is 0 Å². The summed E-state index contributed by atoms with van der Waals surface area (Å²) in [6, 6.07) is 1.84. The number of fused-ring (bicyclic) bond motifs is 1. The SMILES string of the molecule is O=S1(=O)CCc2[nH]c(Br)cc2C1. The minimum atomic E-state index is -2.82. The number of aromatic amines is 1. The van der Waals surface area contributed by atoms with Crippen molar-refractivity contribution in [1.82, 2.24) is 4.98 Å². The highest BCUT2D eigenvalue weighted by Gasteiger charge is 2.22. The lowest BCUT2D eigenvalue weighted by atomic mass is 10.2. The molecule has 0 bridgehead atoms. The molecule has 0 fully saturated rings.